The van der Waals surface area contributed by atoms with Gasteiger partial charge in [-0.25, -0.2) is 4.68 Å². The second kappa shape index (κ2) is 4.62. The van der Waals surface area contributed by atoms with E-state index in [0.717, 1.165) is 17.9 Å². The zero-order chi connectivity index (χ0) is 12.3. The predicted octanol–water partition coefficient (Wildman–Crippen LogP) is 3.33. The molecule has 0 spiro atoms. The number of aromatic nitrogens is 2. The fourth-order valence-electron chi connectivity index (χ4n) is 1.55. The number of nitrogens with one attached hydrogen (secondary N) is 1. The molecule has 0 radical (unpaired) electrons. The van der Waals surface area contributed by atoms with Crippen LogP contribution in [0, 0.1) is 5.41 Å². The number of hydrogen-bond acceptors (Lipinski definition) is 2. The van der Waals surface area contributed by atoms with E-state index in [4.69, 9.17) is 0 Å². The molecule has 17 heavy (non-hydrogen) atoms. The van der Waals surface area contributed by atoms with Crippen molar-refractivity contribution in [2.45, 2.75) is 20.8 Å². The number of benzene rings is 1. The summed E-state index contributed by atoms with van der Waals surface area (Å²) < 4.78 is 1.86. The summed E-state index contributed by atoms with van der Waals surface area (Å²) in [5.74, 6) is 0. The summed E-state index contributed by atoms with van der Waals surface area (Å²) in [7, 11) is 0. The molecule has 90 valence electrons. The van der Waals surface area contributed by atoms with E-state index in [1.54, 1.807) is 6.20 Å². The summed E-state index contributed by atoms with van der Waals surface area (Å²) in [5.41, 5.74) is 2.49. The Kier molecular flexibility index (Phi) is 3.18. The highest BCUT2D eigenvalue weighted by molar-refractivity contribution is 5.50. The highest BCUT2D eigenvalue weighted by atomic mass is 15.3. The third-order valence-electron chi connectivity index (χ3n) is 2.44. The minimum absolute atomic E-state index is 0.279. The highest BCUT2D eigenvalue weighted by Gasteiger charge is 2.09. The van der Waals surface area contributed by atoms with Crippen LogP contribution in [-0.4, -0.2) is 16.3 Å². The van der Waals surface area contributed by atoms with Crippen LogP contribution in [0.3, 0.4) is 0 Å². The van der Waals surface area contributed by atoms with Crippen LogP contribution in [0.15, 0.2) is 42.7 Å². The molecule has 0 atom stereocenters. The van der Waals surface area contributed by atoms with Gasteiger partial charge in [0.05, 0.1) is 5.69 Å². The minimum atomic E-state index is 0.279. The van der Waals surface area contributed by atoms with Gasteiger partial charge in [-0.15, -0.1) is 0 Å². The monoisotopic (exact) mass is 229 g/mol. The van der Waals surface area contributed by atoms with Crippen LogP contribution in [0.25, 0.3) is 5.69 Å². The zero-order valence-electron chi connectivity index (χ0n) is 10.6. The molecule has 0 fully saturated rings. The molecule has 1 aromatic heterocycles. The molecule has 1 aromatic carbocycles. The van der Waals surface area contributed by atoms with E-state index < -0.39 is 0 Å². The van der Waals surface area contributed by atoms with E-state index in [9.17, 15) is 0 Å². The van der Waals surface area contributed by atoms with Gasteiger partial charge in [-0.3, -0.25) is 0 Å². The molecule has 1 heterocycles. The van der Waals surface area contributed by atoms with Crippen molar-refractivity contribution in [3.63, 3.8) is 0 Å². The molecule has 1 N–H and O–H groups in total. The van der Waals surface area contributed by atoms with Crippen LogP contribution in [0.2, 0.25) is 0 Å². The Labute approximate surface area is 102 Å². The first-order valence-corrected chi connectivity index (χ1v) is 5.89. The summed E-state index contributed by atoms with van der Waals surface area (Å²) >= 11 is 0. The number of anilines is 1. The smallest absolute Gasteiger partial charge is 0.0666 e. The SMILES string of the molecule is CC(C)(C)CNc1cccc(-n2cccn2)c1. The lowest BCUT2D eigenvalue weighted by Crippen LogP contribution is -2.19. The maximum absolute atomic E-state index is 4.23. The van der Waals surface area contributed by atoms with Crippen molar-refractivity contribution in [1.29, 1.82) is 0 Å². The molecule has 0 aliphatic carbocycles. The summed E-state index contributed by atoms with van der Waals surface area (Å²) in [6, 6.07) is 10.2. The normalized spacial score (nSPS) is 11.5. The first-order chi connectivity index (χ1) is 8.04. The van der Waals surface area contributed by atoms with Gasteiger partial charge in [0.2, 0.25) is 0 Å². The Morgan fingerprint density at radius 1 is 1.24 bits per heavy atom. The van der Waals surface area contributed by atoms with E-state index in [-0.39, 0.29) is 5.41 Å². The van der Waals surface area contributed by atoms with Gasteiger partial charge in [-0.1, -0.05) is 26.8 Å². The first-order valence-electron chi connectivity index (χ1n) is 5.89. The number of rotatable bonds is 3. The molecule has 0 unspecified atom stereocenters. The fraction of sp³-hybridized carbons (Fsp3) is 0.357. The molecule has 3 heteroatoms. The summed E-state index contributed by atoms with van der Waals surface area (Å²) in [4.78, 5) is 0. The van der Waals surface area contributed by atoms with Crippen LogP contribution in [0.4, 0.5) is 5.69 Å². The molecular weight excluding hydrogens is 210 g/mol. The van der Waals surface area contributed by atoms with Crippen molar-refractivity contribution in [3.8, 4) is 5.69 Å². The van der Waals surface area contributed by atoms with Gasteiger partial charge >= 0.3 is 0 Å². The lowest BCUT2D eigenvalue weighted by atomic mass is 9.97. The van der Waals surface area contributed by atoms with Crippen molar-refractivity contribution in [3.05, 3.63) is 42.7 Å². The zero-order valence-corrected chi connectivity index (χ0v) is 10.6. The van der Waals surface area contributed by atoms with Crippen LogP contribution >= 0.6 is 0 Å². The Bertz CT molecular complexity index is 466. The number of hydrogen-bond donors (Lipinski definition) is 1. The van der Waals surface area contributed by atoms with Gasteiger partial charge in [-0.05, 0) is 29.7 Å². The Hall–Kier alpha value is -1.77. The standard InChI is InChI=1S/C14H19N3/c1-14(2,3)11-15-12-6-4-7-13(10-12)17-9-5-8-16-17/h4-10,15H,11H2,1-3H3. The summed E-state index contributed by atoms with van der Waals surface area (Å²) in [6.07, 6.45) is 3.73. The molecule has 0 bridgehead atoms. The van der Waals surface area contributed by atoms with Crippen LogP contribution < -0.4 is 5.32 Å². The van der Waals surface area contributed by atoms with E-state index in [0.29, 0.717) is 0 Å². The van der Waals surface area contributed by atoms with Gasteiger partial charge < -0.3 is 5.32 Å². The van der Waals surface area contributed by atoms with Crippen LogP contribution in [0.5, 0.6) is 0 Å². The van der Waals surface area contributed by atoms with Crippen molar-refractivity contribution >= 4 is 5.69 Å². The van der Waals surface area contributed by atoms with E-state index in [1.807, 2.05) is 23.0 Å². The topological polar surface area (TPSA) is 29.9 Å². The molecule has 2 rings (SSSR count). The Balaban J connectivity index is 2.12. The predicted molar refractivity (Wildman–Crippen MR) is 71.5 cm³/mol. The van der Waals surface area contributed by atoms with E-state index in [1.165, 1.54) is 0 Å². The highest BCUT2D eigenvalue weighted by Crippen LogP contribution is 2.17. The van der Waals surface area contributed by atoms with Crippen molar-refractivity contribution in [1.82, 2.24) is 9.78 Å². The average molecular weight is 229 g/mol. The van der Waals surface area contributed by atoms with Gasteiger partial charge in [0.25, 0.3) is 0 Å². The molecule has 0 saturated heterocycles. The Morgan fingerprint density at radius 3 is 2.71 bits per heavy atom. The summed E-state index contributed by atoms with van der Waals surface area (Å²) in [6.45, 7) is 7.61. The third kappa shape index (κ3) is 3.34. The van der Waals surface area contributed by atoms with Crippen molar-refractivity contribution < 1.29 is 0 Å². The Morgan fingerprint density at radius 2 is 2.06 bits per heavy atom. The maximum Gasteiger partial charge on any atom is 0.0666 e. The van der Waals surface area contributed by atoms with Crippen molar-refractivity contribution in [2.24, 2.45) is 5.41 Å². The largest absolute Gasteiger partial charge is 0.384 e. The van der Waals surface area contributed by atoms with E-state index >= 15 is 0 Å². The molecule has 3 nitrogen and oxygen atoms in total. The van der Waals surface area contributed by atoms with E-state index in [2.05, 4.69) is 49.4 Å². The third-order valence-corrected chi connectivity index (χ3v) is 2.44. The second-order valence-corrected chi connectivity index (χ2v) is 5.42. The average Bonchev–Trinajstić information content (AvgIpc) is 2.79. The molecule has 0 aliphatic rings. The van der Waals surface area contributed by atoms with Crippen molar-refractivity contribution in [2.75, 3.05) is 11.9 Å². The van der Waals surface area contributed by atoms with Gasteiger partial charge in [0.15, 0.2) is 0 Å². The van der Waals surface area contributed by atoms with Gasteiger partial charge in [-0.2, -0.15) is 5.10 Å². The minimum Gasteiger partial charge on any atom is -0.384 e. The lowest BCUT2D eigenvalue weighted by molar-refractivity contribution is 0.443. The first kappa shape index (κ1) is 11.7. The maximum atomic E-state index is 4.23. The molecule has 0 amide bonds. The molecule has 0 saturated carbocycles. The summed E-state index contributed by atoms with van der Waals surface area (Å²) in [5, 5.41) is 7.67. The second-order valence-electron chi connectivity index (χ2n) is 5.42. The lowest BCUT2D eigenvalue weighted by Gasteiger charge is -2.19. The molecule has 2 aromatic rings. The molecule has 0 aliphatic heterocycles. The number of nitrogens with zero attached hydrogens (tertiary/aromatic N) is 2. The van der Waals surface area contributed by atoms with Gasteiger partial charge in [0.1, 0.15) is 0 Å². The molecular formula is C14H19N3. The quantitative estimate of drug-likeness (QED) is 0.875. The fourth-order valence-corrected chi connectivity index (χ4v) is 1.55. The van der Waals surface area contributed by atoms with Crippen LogP contribution in [0.1, 0.15) is 20.8 Å². The van der Waals surface area contributed by atoms with Gasteiger partial charge in [0, 0.05) is 24.6 Å². The van der Waals surface area contributed by atoms with Crippen LogP contribution in [-0.2, 0) is 0 Å².